The SMILES string of the molecule is CC(=C\C(C)(C)C)/C=C(\C)[C@H](O)[C@@H](C)CO. The average Bonchev–Trinajstić information content (AvgIpc) is 2.12. The third kappa shape index (κ3) is 6.09. The van der Waals surface area contributed by atoms with E-state index in [1.54, 1.807) is 0 Å². The van der Waals surface area contributed by atoms with Crippen LogP contribution in [0, 0.1) is 11.3 Å². The van der Waals surface area contributed by atoms with Gasteiger partial charge < -0.3 is 10.2 Å². The molecule has 0 aliphatic rings. The van der Waals surface area contributed by atoms with E-state index < -0.39 is 6.10 Å². The molecular formula is C14H26O2. The molecular weight excluding hydrogens is 200 g/mol. The maximum Gasteiger partial charge on any atom is 0.0797 e. The monoisotopic (exact) mass is 226 g/mol. The highest BCUT2D eigenvalue weighted by atomic mass is 16.3. The fourth-order valence-electron chi connectivity index (χ4n) is 1.72. The third-order valence-corrected chi connectivity index (χ3v) is 2.41. The van der Waals surface area contributed by atoms with Gasteiger partial charge >= 0.3 is 0 Å². The lowest BCUT2D eigenvalue weighted by Gasteiger charge is -2.18. The predicted octanol–water partition coefficient (Wildman–Crippen LogP) is 2.91. The van der Waals surface area contributed by atoms with Crippen LogP contribution < -0.4 is 0 Å². The molecule has 0 aromatic carbocycles. The smallest absolute Gasteiger partial charge is 0.0797 e. The van der Waals surface area contributed by atoms with Crippen molar-refractivity contribution in [2.24, 2.45) is 11.3 Å². The van der Waals surface area contributed by atoms with Gasteiger partial charge in [0.25, 0.3) is 0 Å². The summed E-state index contributed by atoms with van der Waals surface area (Å²) >= 11 is 0. The molecule has 0 spiro atoms. The molecule has 0 aromatic rings. The summed E-state index contributed by atoms with van der Waals surface area (Å²) in [6.07, 6.45) is 3.60. The van der Waals surface area contributed by atoms with Gasteiger partial charge in [0.1, 0.15) is 0 Å². The highest BCUT2D eigenvalue weighted by Gasteiger charge is 2.15. The van der Waals surface area contributed by atoms with E-state index in [1.165, 1.54) is 0 Å². The minimum Gasteiger partial charge on any atom is -0.396 e. The summed E-state index contributed by atoms with van der Waals surface area (Å²) in [5.74, 6) is -0.112. The van der Waals surface area contributed by atoms with E-state index in [9.17, 15) is 5.11 Å². The molecule has 0 unspecified atom stereocenters. The second kappa shape index (κ2) is 6.21. The van der Waals surface area contributed by atoms with Gasteiger partial charge in [-0.05, 0) is 24.8 Å². The molecule has 94 valence electrons. The number of allylic oxidation sites excluding steroid dienone is 3. The van der Waals surface area contributed by atoms with Crippen molar-refractivity contribution in [3.8, 4) is 0 Å². The molecule has 2 heteroatoms. The molecule has 2 atom stereocenters. The largest absolute Gasteiger partial charge is 0.396 e. The van der Waals surface area contributed by atoms with Crippen molar-refractivity contribution in [2.45, 2.75) is 47.6 Å². The summed E-state index contributed by atoms with van der Waals surface area (Å²) in [5.41, 5.74) is 2.20. The first kappa shape index (κ1) is 15.4. The molecule has 2 N–H and O–H groups in total. The Hall–Kier alpha value is -0.600. The molecule has 0 bridgehead atoms. The van der Waals surface area contributed by atoms with Crippen molar-refractivity contribution < 1.29 is 10.2 Å². The summed E-state index contributed by atoms with van der Waals surface area (Å²) in [4.78, 5) is 0. The van der Waals surface area contributed by atoms with Gasteiger partial charge in [-0.3, -0.25) is 0 Å². The van der Waals surface area contributed by atoms with Crippen LogP contribution in [-0.4, -0.2) is 22.9 Å². The second-order valence-electron chi connectivity index (χ2n) is 5.75. The van der Waals surface area contributed by atoms with Crippen LogP contribution in [0.5, 0.6) is 0 Å². The zero-order valence-corrected chi connectivity index (χ0v) is 11.4. The Morgan fingerprint density at radius 1 is 1.25 bits per heavy atom. The molecule has 0 aromatic heterocycles. The van der Waals surface area contributed by atoms with E-state index >= 15 is 0 Å². The van der Waals surface area contributed by atoms with Crippen molar-refractivity contribution in [2.75, 3.05) is 6.61 Å². The second-order valence-corrected chi connectivity index (χ2v) is 5.75. The van der Waals surface area contributed by atoms with Crippen LogP contribution in [0.4, 0.5) is 0 Å². The standard InChI is InChI=1S/C14H26O2/c1-10(8-14(4,5)6)7-11(2)13(16)12(3)9-15/h7-8,12-13,15-16H,9H2,1-6H3/b10-8+,11-7+/t12-,13-/m0/s1. The zero-order chi connectivity index (χ0) is 12.9. The lowest BCUT2D eigenvalue weighted by atomic mass is 9.92. The molecule has 0 amide bonds. The minimum atomic E-state index is -0.562. The lowest BCUT2D eigenvalue weighted by Crippen LogP contribution is -2.22. The molecule has 0 aliphatic carbocycles. The Bertz CT molecular complexity index is 269. The topological polar surface area (TPSA) is 40.5 Å². The van der Waals surface area contributed by atoms with Gasteiger partial charge in [0.2, 0.25) is 0 Å². The Morgan fingerprint density at radius 2 is 1.75 bits per heavy atom. The van der Waals surface area contributed by atoms with Crippen LogP contribution >= 0.6 is 0 Å². The van der Waals surface area contributed by atoms with Gasteiger partial charge in [0, 0.05) is 12.5 Å². The molecule has 2 nitrogen and oxygen atoms in total. The Labute approximate surface area is 99.7 Å². The lowest BCUT2D eigenvalue weighted by molar-refractivity contribution is 0.103. The van der Waals surface area contributed by atoms with Crippen molar-refractivity contribution in [1.82, 2.24) is 0 Å². The van der Waals surface area contributed by atoms with Crippen LogP contribution in [-0.2, 0) is 0 Å². The van der Waals surface area contributed by atoms with E-state index in [0.29, 0.717) is 0 Å². The molecule has 16 heavy (non-hydrogen) atoms. The van der Waals surface area contributed by atoms with Gasteiger partial charge in [-0.25, -0.2) is 0 Å². The summed E-state index contributed by atoms with van der Waals surface area (Å²) in [6.45, 7) is 12.2. The van der Waals surface area contributed by atoms with Crippen LogP contribution in [0.2, 0.25) is 0 Å². The molecule has 0 saturated heterocycles. The quantitative estimate of drug-likeness (QED) is 0.724. The van der Waals surface area contributed by atoms with Gasteiger partial charge in [-0.15, -0.1) is 0 Å². The average molecular weight is 226 g/mol. The van der Waals surface area contributed by atoms with Gasteiger partial charge in [0.15, 0.2) is 0 Å². The Morgan fingerprint density at radius 3 is 2.12 bits per heavy atom. The predicted molar refractivity (Wildman–Crippen MR) is 69.2 cm³/mol. The minimum absolute atomic E-state index is 0.00831. The van der Waals surface area contributed by atoms with E-state index in [0.717, 1.165) is 11.1 Å². The Kier molecular flexibility index (Phi) is 5.98. The molecule has 0 fully saturated rings. The fraction of sp³-hybridized carbons (Fsp3) is 0.714. The van der Waals surface area contributed by atoms with E-state index in [2.05, 4.69) is 26.8 Å². The van der Waals surface area contributed by atoms with Crippen LogP contribution in [0.25, 0.3) is 0 Å². The molecule has 0 radical (unpaired) electrons. The molecule has 0 saturated carbocycles. The maximum absolute atomic E-state index is 9.88. The number of hydrogen-bond donors (Lipinski definition) is 2. The zero-order valence-electron chi connectivity index (χ0n) is 11.4. The van der Waals surface area contributed by atoms with E-state index in [1.807, 2.05) is 26.8 Å². The normalized spacial score (nSPS) is 18.5. The first-order valence-electron chi connectivity index (χ1n) is 5.84. The van der Waals surface area contributed by atoms with Crippen molar-refractivity contribution in [3.63, 3.8) is 0 Å². The number of aliphatic hydroxyl groups is 2. The third-order valence-electron chi connectivity index (χ3n) is 2.41. The number of rotatable bonds is 4. The summed E-state index contributed by atoms with van der Waals surface area (Å²) in [7, 11) is 0. The van der Waals surface area contributed by atoms with Crippen LogP contribution in [0.3, 0.4) is 0 Å². The maximum atomic E-state index is 9.88. The van der Waals surface area contributed by atoms with Crippen molar-refractivity contribution in [1.29, 1.82) is 0 Å². The van der Waals surface area contributed by atoms with Gasteiger partial charge in [-0.2, -0.15) is 0 Å². The molecule has 0 rings (SSSR count). The van der Waals surface area contributed by atoms with E-state index in [-0.39, 0.29) is 17.9 Å². The van der Waals surface area contributed by atoms with E-state index in [4.69, 9.17) is 5.11 Å². The Balaban J connectivity index is 4.72. The summed E-state index contributed by atoms with van der Waals surface area (Å²) < 4.78 is 0. The van der Waals surface area contributed by atoms with Crippen molar-refractivity contribution in [3.05, 3.63) is 23.3 Å². The number of hydrogen-bond acceptors (Lipinski definition) is 2. The van der Waals surface area contributed by atoms with Crippen molar-refractivity contribution >= 4 is 0 Å². The molecule has 0 aliphatic heterocycles. The summed E-state index contributed by atoms with van der Waals surface area (Å²) in [6, 6.07) is 0. The van der Waals surface area contributed by atoms with Gasteiger partial charge in [-0.1, -0.05) is 45.4 Å². The van der Waals surface area contributed by atoms with Gasteiger partial charge in [0.05, 0.1) is 6.10 Å². The first-order chi connectivity index (χ1) is 7.17. The highest BCUT2D eigenvalue weighted by Crippen LogP contribution is 2.20. The molecule has 0 heterocycles. The highest BCUT2D eigenvalue weighted by molar-refractivity contribution is 5.24. The first-order valence-corrected chi connectivity index (χ1v) is 5.84. The number of aliphatic hydroxyl groups excluding tert-OH is 2. The fourth-order valence-corrected chi connectivity index (χ4v) is 1.72. The van der Waals surface area contributed by atoms with Crippen LogP contribution in [0.15, 0.2) is 23.3 Å². The summed E-state index contributed by atoms with van der Waals surface area (Å²) in [5, 5.41) is 18.9. The van der Waals surface area contributed by atoms with Crippen LogP contribution in [0.1, 0.15) is 41.5 Å².